The van der Waals surface area contributed by atoms with Crippen molar-refractivity contribution >= 4 is 27.3 Å². The van der Waals surface area contributed by atoms with E-state index in [4.69, 9.17) is 4.74 Å². The molecule has 0 atom stereocenters. The Hall–Kier alpha value is -2.35. The Morgan fingerprint density at radius 3 is 2.63 bits per heavy atom. The molecule has 4 rings (SSSR count). The van der Waals surface area contributed by atoms with Crippen LogP contribution in [0.2, 0.25) is 0 Å². The molecule has 3 aromatic rings. The minimum atomic E-state index is 0.177. The summed E-state index contributed by atoms with van der Waals surface area (Å²) in [6.45, 7) is 0.480. The minimum Gasteiger partial charge on any atom is -0.492 e. The van der Waals surface area contributed by atoms with Crippen LogP contribution in [-0.4, -0.2) is 12.4 Å². The molecule has 0 unspecified atom stereocenters. The molecule has 0 amide bonds. The van der Waals surface area contributed by atoms with Crippen LogP contribution in [0.3, 0.4) is 0 Å². The summed E-state index contributed by atoms with van der Waals surface area (Å²) in [4.78, 5) is 12.0. The summed E-state index contributed by atoms with van der Waals surface area (Å²) in [5, 5.41) is 4.49. The topological polar surface area (TPSA) is 26.3 Å². The Kier molecular flexibility index (Phi) is 2.12. The number of ether oxygens (including phenoxy) is 1. The Bertz CT molecular complexity index is 818. The third-order valence-electron chi connectivity index (χ3n) is 3.74. The number of ketones is 1. The predicted molar refractivity (Wildman–Crippen MR) is 75.9 cm³/mol. The van der Waals surface area contributed by atoms with Crippen LogP contribution >= 0.6 is 0 Å². The van der Waals surface area contributed by atoms with Crippen molar-refractivity contribution in [1.82, 2.24) is 0 Å². The van der Waals surface area contributed by atoms with Crippen LogP contribution in [0.15, 0.2) is 48.5 Å². The molecule has 19 heavy (non-hydrogen) atoms. The number of hydrogen-bond acceptors (Lipinski definition) is 2. The van der Waals surface area contributed by atoms with E-state index in [1.165, 1.54) is 5.39 Å². The fraction of sp³-hybridized carbons (Fsp3) is 0.118. The second-order valence-electron chi connectivity index (χ2n) is 4.85. The third-order valence-corrected chi connectivity index (χ3v) is 3.74. The van der Waals surface area contributed by atoms with Crippen LogP contribution in [0.4, 0.5) is 0 Å². The molecule has 0 saturated heterocycles. The molecule has 0 N–H and O–H groups in total. The quantitative estimate of drug-likeness (QED) is 0.563. The number of carbonyl (C=O) groups is 1. The summed E-state index contributed by atoms with van der Waals surface area (Å²) in [7, 11) is 0. The van der Waals surface area contributed by atoms with Gasteiger partial charge in [0.15, 0.2) is 5.78 Å². The Morgan fingerprint density at radius 2 is 1.68 bits per heavy atom. The van der Waals surface area contributed by atoms with Crippen LogP contribution in [0, 0.1) is 0 Å². The van der Waals surface area contributed by atoms with Crippen molar-refractivity contribution in [2.45, 2.75) is 6.42 Å². The summed E-state index contributed by atoms with van der Waals surface area (Å²) >= 11 is 0. The summed E-state index contributed by atoms with van der Waals surface area (Å²) in [6.07, 6.45) is 0.475. The lowest BCUT2D eigenvalue weighted by Crippen LogP contribution is -2.15. The van der Waals surface area contributed by atoms with Crippen LogP contribution < -0.4 is 4.74 Å². The molecule has 92 valence electrons. The number of hydrogen-bond donors (Lipinski definition) is 0. The van der Waals surface area contributed by atoms with Gasteiger partial charge in [-0.1, -0.05) is 42.5 Å². The molecule has 0 aromatic heterocycles. The molecule has 1 aliphatic rings. The highest BCUT2D eigenvalue weighted by atomic mass is 16.5. The van der Waals surface area contributed by atoms with Gasteiger partial charge in [0.1, 0.15) is 5.75 Å². The van der Waals surface area contributed by atoms with Gasteiger partial charge in [-0.2, -0.15) is 0 Å². The fourth-order valence-electron chi connectivity index (χ4n) is 2.81. The van der Waals surface area contributed by atoms with E-state index in [0.717, 1.165) is 27.5 Å². The van der Waals surface area contributed by atoms with Crippen molar-refractivity contribution in [1.29, 1.82) is 0 Å². The molecule has 0 bridgehead atoms. The largest absolute Gasteiger partial charge is 0.492 e. The van der Waals surface area contributed by atoms with Gasteiger partial charge in [0.05, 0.1) is 12.2 Å². The summed E-state index contributed by atoms with van der Waals surface area (Å²) < 4.78 is 5.79. The summed E-state index contributed by atoms with van der Waals surface area (Å²) in [6, 6.07) is 16.3. The van der Waals surface area contributed by atoms with E-state index < -0.39 is 0 Å². The van der Waals surface area contributed by atoms with Gasteiger partial charge in [0, 0.05) is 11.8 Å². The van der Waals surface area contributed by atoms with Crippen LogP contribution in [-0.2, 0) is 0 Å². The molecule has 2 nitrogen and oxygen atoms in total. The van der Waals surface area contributed by atoms with E-state index in [1.807, 2.05) is 24.3 Å². The zero-order valence-electron chi connectivity index (χ0n) is 10.3. The summed E-state index contributed by atoms with van der Waals surface area (Å²) in [5.74, 6) is 0.932. The minimum absolute atomic E-state index is 0.177. The van der Waals surface area contributed by atoms with E-state index >= 15 is 0 Å². The standard InChI is InChI=1S/C17H12O2/c18-15-9-10-19-17-14(15)8-7-12-6-5-11-3-1-2-4-13(11)16(12)17/h1-8H,9-10H2. The molecule has 2 heteroatoms. The molecule has 0 saturated carbocycles. The van der Waals surface area contributed by atoms with E-state index in [1.54, 1.807) is 0 Å². The zero-order chi connectivity index (χ0) is 12.8. The number of Topliss-reactive ketones (excluding diaryl/α,β-unsaturated/α-hetero) is 1. The van der Waals surface area contributed by atoms with Crippen molar-refractivity contribution < 1.29 is 9.53 Å². The van der Waals surface area contributed by atoms with Gasteiger partial charge in [-0.05, 0) is 22.2 Å². The first-order valence-electron chi connectivity index (χ1n) is 6.45. The molecular weight excluding hydrogens is 236 g/mol. The Labute approximate surface area is 110 Å². The molecule has 1 heterocycles. The van der Waals surface area contributed by atoms with Crippen LogP contribution in [0.5, 0.6) is 5.75 Å². The lowest BCUT2D eigenvalue weighted by molar-refractivity contribution is 0.0935. The van der Waals surface area contributed by atoms with E-state index in [-0.39, 0.29) is 5.78 Å². The first-order valence-corrected chi connectivity index (χ1v) is 6.45. The summed E-state index contributed by atoms with van der Waals surface area (Å²) in [5.41, 5.74) is 0.718. The van der Waals surface area contributed by atoms with E-state index in [9.17, 15) is 4.79 Å². The van der Waals surface area contributed by atoms with Crippen LogP contribution in [0.1, 0.15) is 16.8 Å². The molecule has 0 fully saturated rings. The van der Waals surface area contributed by atoms with Crippen LogP contribution in [0.25, 0.3) is 21.5 Å². The third kappa shape index (κ3) is 1.46. The van der Waals surface area contributed by atoms with E-state index in [0.29, 0.717) is 13.0 Å². The van der Waals surface area contributed by atoms with Gasteiger partial charge in [0.2, 0.25) is 0 Å². The number of rotatable bonds is 0. The lowest BCUT2D eigenvalue weighted by Gasteiger charge is -2.19. The highest BCUT2D eigenvalue weighted by Gasteiger charge is 2.21. The molecular formula is C17H12O2. The fourth-order valence-corrected chi connectivity index (χ4v) is 2.81. The van der Waals surface area contributed by atoms with Gasteiger partial charge in [-0.3, -0.25) is 4.79 Å². The van der Waals surface area contributed by atoms with Crippen molar-refractivity contribution in [2.24, 2.45) is 0 Å². The SMILES string of the molecule is O=C1CCOc2c1ccc1ccc3ccccc3c21. The smallest absolute Gasteiger partial charge is 0.170 e. The maximum atomic E-state index is 12.0. The second-order valence-corrected chi connectivity index (χ2v) is 4.85. The molecule has 0 radical (unpaired) electrons. The average Bonchev–Trinajstić information content (AvgIpc) is 2.47. The maximum Gasteiger partial charge on any atom is 0.170 e. The number of benzene rings is 3. The first kappa shape index (κ1) is 10.6. The van der Waals surface area contributed by atoms with Crippen molar-refractivity contribution in [2.75, 3.05) is 6.61 Å². The molecule has 1 aliphatic heterocycles. The van der Waals surface area contributed by atoms with Gasteiger partial charge < -0.3 is 4.74 Å². The lowest BCUT2D eigenvalue weighted by atomic mass is 9.95. The molecule has 3 aromatic carbocycles. The number of fused-ring (bicyclic) bond motifs is 5. The monoisotopic (exact) mass is 248 g/mol. The average molecular weight is 248 g/mol. The van der Waals surface area contributed by atoms with Gasteiger partial charge >= 0.3 is 0 Å². The van der Waals surface area contributed by atoms with Crippen molar-refractivity contribution in [3.05, 3.63) is 54.1 Å². The highest BCUT2D eigenvalue weighted by Crippen LogP contribution is 2.37. The second kappa shape index (κ2) is 3.82. The normalized spacial score (nSPS) is 14.4. The van der Waals surface area contributed by atoms with Gasteiger partial charge in [0.25, 0.3) is 0 Å². The first-order chi connectivity index (χ1) is 9.34. The van der Waals surface area contributed by atoms with Crippen molar-refractivity contribution in [3.8, 4) is 5.75 Å². The van der Waals surface area contributed by atoms with Gasteiger partial charge in [-0.15, -0.1) is 0 Å². The Balaban J connectivity index is 2.22. The molecule has 0 spiro atoms. The van der Waals surface area contributed by atoms with E-state index in [2.05, 4.69) is 24.3 Å². The molecule has 0 aliphatic carbocycles. The number of carbonyl (C=O) groups excluding carboxylic acids is 1. The van der Waals surface area contributed by atoms with Gasteiger partial charge in [-0.25, -0.2) is 0 Å². The zero-order valence-corrected chi connectivity index (χ0v) is 10.3. The Morgan fingerprint density at radius 1 is 0.895 bits per heavy atom. The maximum absolute atomic E-state index is 12.0. The predicted octanol–water partition coefficient (Wildman–Crippen LogP) is 3.96. The van der Waals surface area contributed by atoms with Crippen molar-refractivity contribution in [3.63, 3.8) is 0 Å². The highest BCUT2D eigenvalue weighted by molar-refractivity contribution is 6.15.